The summed E-state index contributed by atoms with van der Waals surface area (Å²) in [4.78, 5) is 39.3. The van der Waals surface area contributed by atoms with E-state index in [-0.39, 0.29) is 29.0 Å². The summed E-state index contributed by atoms with van der Waals surface area (Å²) in [6, 6.07) is 16.0. The molecule has 0 fully saturated rings. The third-order valence-electron chi connectivity index (χ3n) is 6.16. The van der Waals surface area contributed by atoms with Crippen molar-refractivity contribution in [3.8, 4) is 11.1 Å². The molecule has 1 aromatic heterocycles. The van der Waals surface area contributed by atoms with Gasteiger partial charge in [-0.05, 0) is 48.6 Å². The first-order valence-electron chi connectivity index (χ1n) is 11.1. The van der Waals surface area contributed by atoms with E-state index in [9.17, 15) is 19.5 Å². The number of nitrogens with zero attached hydrogens (tertiary/aromatic N) is 1. The zero-order chi connectivity index (χ0) is 24.4. The van der Waals surface area contributed by atoms with Crippen molar-refractivity contribution in [2.24, 2.45) is 0 Å². The Kier molecular flexibility index (Phi) is 6.70. The molecule has 0 saturated carbocycles. The molecule has 2 N–H and O–H groups in total. The van der Waals surface area contributed by atoms with Crippen LogP contribution in [-0.4, -0.2) is 47.7 Å². The van der Waals surface area contributed by atoms with E-state index < -0.39 is 12.1 Å². The van der Waals surface area contributed by atoms with Crippen LogP contribution >= 0.6 is 11.3 Å². The second-order valence-corrected chi connectivity index (χ2v) is 9.01. The minimum Gasteiger partial charge on any atom is -0.478 e. The van der Waals surface area contributed by atoms with Crippen LogP contribution in [-0.2, 0) is 4.74 Å². The van der Waals surface area contributed by atoms with Gasteiger partial charge in [-0.3, -0.25) is 10.1 Å². The average Bonchev–Trinajstić information content (AvgIpc) is 3.33. The van der Waals surface area contributed by atoms with Crippen molar-refractivity contribution in [3.63, 3.8) is 0 Å². The number of carbonyl (C=O) groups is 3. The van der Waals surface area contributed by atoms with Gasteiger partial charge in [0, 0.05) is 19.0 Å². The maximum atomic E-state index is 12.8. The second-order valence-electron chi connectivity index (χ2n) is 7.99. The van der Waals surface area contributed by atoms with Crippen molar-refractivity contribution >= 4 is 34.3 Å². The van der Waals surface area contributed by atoms with Gasteiger partial charge < -0.3 is 14.7 Å². The summed E-state index contributed by atoms with van der Waals surface area (Å²) in [5.74, 6) is -1.57. The molecule has 1 aliphatic carbocycles. The lowest BCUT2D eigenvalue weighted by Gasteiger charge is -2.17. The molecule has 1 heterocycles. The number of carboxylic acids is 1. The predicted molar refractivity (Wildman–Crippen MR) is 132 cm³/mol. The van der Waals surface area contributed by atoms with E-state index >= 15 is 0 Å². The van der Waals surface area contributed by atoms with Gasteiger partial charge in [-0.2, -0.15) is 0 Å². The molecule has 8 heteroatoms. The largest absolute Gasteiger partial charge is 0.478 e. The number of carbonyl (C=O) groups excluding carboxylic acids is 2. The molecule has 34 heavy (non-hydrogen) atoms. The van der Waals surface area contributed by atoms with Gasteiger partial charge in [-0.1, -0.05) is 48.5 Å². The van der Waals surface area contributed by atoms with E-state index in [1.54, 1.807) is 11.8 Å². The Labute approximate surface area is 202 Å². The van der Waals surface area contributed by atoms with Crippen molar-refractivity contribution < 1.29 is 24.2 Å². The van der Waals surface area contributed by atoms with Gasteiger partial charge in [0.05, 0.1) is 10.4 Å². The molecule has 0 spiro atoms. The van der Waals surface area contributed by atoms with E-state index in [2.05, 4.69) is 17.4 Å². The highest BCUT2D eigenvalue weighted by Gasteiger charge is 2.30. The monoisotopic (exact) mass is 478 g/mol. The third-order valence-corrected chi connectivity index (χ3v) is 7.36. The first-order valence-corrected chi connectivity index (χ1v) is 12.0. The van der Waals surface area contributed by atoms with Crippen LogP contribution in [0.1, 0.15) is 56.5 Å². The van der Waals surface area contributed by atoms with E-state index in [0.29, 0.717) is 23.5 Å². The van der Waals surface area contributed by atoms with E-state index in [1.807, 2.05) is 50.2 Å². The molecule has 3 aromatic rings. The van der Waals surface area contributed by atoms with Gasteiger partial charge in [0.25, 0.3) is 5.91 Å². The van der Waals surface area contributed by atoms with Crippen molar-refractivity contribution in [3.05, 3.63) is 75.7 Å². The van der Waals surface area contributed by atoms with Crippen molar-refractivity contribution in [2.75, 3.05) is 25.0 Å². The second kappa shape index (κ2) is 9.69. The Balaban J connectivity index is 1.53. The van der Waals surface area contributed by atoms with Gasteiger partial charge >= 0.3 is 12.1 Å². The number of nitrogens with one attached hydrogen (secondary N) is 1. The molecular weight excluding hydrogens is 452 g/mol. The Morgan fingerprint density at radius 1 is 1.00 bits per heavy atom. The van der Waals surface area contributed by atoms with Crippen LogP contribution in [0.25, 0.3) is 11.1 Å². The molecule has 2 aromatic carbocycles. The SMILES string of the molecule is CCN(CC)C(=O)c1sc(NC(=O)OCC2c3ccccc3-c3ccccc32)c(C(=O)O)c1C. The van der Waals surface area contributed by atoms with Gasteiger partial charge in [0.2, 0.25) is 0 Å². The van der Waals surface area contributed by atoms with Gasteiger partial charge in [0.1, 0.15) is 11.6 Å². The van der Waals surface area contributed by atoms with Crippen LogP contribution in [0.2, 0.25) is 0 Å². The number of thiophene rings is 1. The Morgan fingerprint density at radius 2 is 1.56 bits per heavy atom. The number of hydrogen-bond donors (Lipinski definition) is 2. The highest BCUT2D eigenvalue weighted by atomic mass is 32.1. The van der Waals surface area contributed by atoms with E-state index in [0.717, 1.165) is 33.6 Å². The normalized spacial score (nSPS) is 12.1. The summed E-state index contributed by atoms with van der Waals surface area (Å²) in [6.45, 7) is 6.42. The number of amides is 2. The quantitative estimate of drug-likeness (QED) is 0.461. The topological polar surface area (TPSA) is 95.9 Å². The maximum Gasteiger partial charge on any atom is 0.412 e. The molecule has 0 aliphatic heterocycles. The van der Waals surface area contributed by atoms with Gasteiger partial charge in [-0.15, -0.1) is 11.3 Å². The molecule has 7 nitrogen and oxygen atoms in total. The Bertz CT molecular complexity index is 1220. The predicted octanol–water partition coefficient (Wildman–Crippen LogP) is 5.60. The summed E-state index contributed by atoms with van der Waals surface area (Å²) in [5.41, 5.74) is 4.66. The van der Waals surface area contributed by atoms with E-state index in [4.69, 9.17) is 4.74 Å². The lowest BCUT2D eigenvalue weighted by atomic mass is 9.98. The number of carboxylic acid groups (broad SMARTS) is 1. The first-order chi connectivity index (χ1) is 16.4. The summed E-state index contributed by atoms with van der Waals surface area (Å²) >= 11 is 0.961. The maximum absolute atomic E-state index is 12.8. The molecule has 0 atom stereocenters. The molecule has 1 aliphatic rings. The van der Waals surface area contributed by atoms with Crippen LogP contribution in [0.15, 0.2) is 48.5 Å². The van der Waals surface area contributed by atoms with Crippen LogP contribution in [0.4, 0.5) is 9.80 Å². The first kappa shape index (κ1) is 23.5. The van der Waals surface area contributed by atoms with Crippen molar-refractivity contribution in [1.29, 1.82) is 0 Å². The molecule has 0 unspecified atom stereocenters. The average molecular weight is 479 g/mol. The standard InChI is InChI=1S/C26H26N2O5S/c1-4-28(5-2)24(29)22-15(3)21(25(30)31)23(34-22)27-26(32)33-14-20-18-12-8-6-10-16(18)17-11-7-9-13-19(17)20/h6-13,20H,4-5,14H2,1-3H3,(H,27,32)(H,30,31). The Hall–Kier alpha value is -3.65. The highest BCUT2D eigenvalue weighted by Crippen LogP contribution is 2.44. The van der Waals surface area contributed by atoms with Crippen LogP contribution in [0.5, 0.6) is 0 Å². The van der Waals surface area contributed by atoms with Gasteiger partial charge in [0.15, 0.2) is 0 Å². The number of benzene rings is 2. The van der Waals surface area contributed by atoms with Crippen LogP contribution in [0.3, 0.4) is 0 Å². The highest BCUT2D eigenvalue weighted by molar-refractivity contribution is 7.18. The fraction of sp³-hybridized carbons (Fsp3) is 0.269. The smallest absolute Gasteiger partial charge is 0.412 e. The summed E-state index contributed by atoms with van der Waals surface area (Å²) in [6.07, 6.45) is -0.757. The fourth-order valence-corrected chi connectivity index (χ4v) is 5.60. The number of anilines is 1. The van der Waals surface area contributed by atoms with Gasteiger partial charge in [-0.25, -0.2) is 9.59 Å². The minimum atomic E-state index is -1.21. The lowest BCUT2D eigenvalue weighted by molar-refractivity contribution is 0.0697. The van der Waals surface area contributed by atoms with Crippen LogP contribution in [0, 0.1) is 6.92 Å². The lowest BCUT2D eigenvalue weighted by Crippen LogP contribution is -2.30. The minimum absolute atomic E-state index is 0.0889. The zero-order valence-corrected chi connectivity index (χ0v) is 20.1. The zero-order valence-electron chi connectivity index (χ0n) is 19.3. The number of rotatable bonds is 7. The molecule has 4 rings (SSSR count). The fourth-order valence-electron chi connectivity index (χ4n) is 4.44. The Morgan fingerprint density at radius 3 is 2.09 bits per heavy atom. The third kappa shape index (κ3) is 4.17. The summed E-state index contributed by atoms with van der Waals surface area (Å²) in [7, 11) is 0. The van der Waals surface area contributed by atoms with E-state index in [1.165, 1.54) is 0 Å². The number of ether oxygens (including phenoxy) is 1. The van der Waals surface area contributed by atoms with Crippen LogP contribution < -0.4 is 5.32 Å². The number of fused-ring (bicyclic) bond motifs is 3. The molecule has 0 radical (unpaired) electrons. The molecule has 176 valence electrons. The number of aromatic carboxylic acids is 1. The summed E-state index contributed by atoms with van der Waals surface area (Å²) in [5, 5.41) is 12.4. The molecule has 0 saturated heterocycles. The van der Waals surface area contributed by atoms with Crippen molar-refractivity contribution in [2.45, 2.75) is 26.7 Å². The molecule has 2 amide bonds. The molecular formula is C26H26N2O5S. The summed E-state index contributed by atoms with van der Waals surface area (Å²) < 4.78 is 5.55. The number of hydrogen-bond acceptors (Lipinski definition) is 5. The van der Waals surface area contributed by atoms with Crippen molar-refractivity contribution in [1.82, 2.24) is 4.90 Å². The molecule has 0 bridgehead atoms.